The first-order valence-corrected chi connectivity index (χ1v) is 12.2. The first-order valence-electron chi connectivity index (χ1n) is 12.2. The van der Waals surface area contributed by atoms with Gasteiger partial charge in [0.2, 0.25) is 5.91 Å². The minimum Gasteiger partial charge on any atom is -0.493 e. The maximum atomic E-state index is 13.6. The summed E-state index contributed by atoms with van der Waals surface area (Å²) >= 11 is 0. The van der Waals surface area contributed by atoms with E-state index in [1.54, 1.807) is 0 Å². The summed E-state index contributed by atoms with van der Waals surface area (Å²) in [6.45, 7) is 7.80. The van der Waals surface area contributed by atoms with E-state index in [-0.39, 0.29) is 5.91 Å². The van der Waals surface area contributed by atoms with Crippen LogP contribution in [0.25, 0.3) is 0 Å². The maximum Gasteiger partial charge on any atom is 0.227 e. The van der Waals surface area contributed by atoms with Gasteiger partial charge in [-0.25, -0.2) is 0 Å². The molecule has 2 aromatic carbocycles. The second-order valence-corrected chi connectivity index (χ2v) is 10.2. The SMILES string of the molecule is Cc1ccc(CN(C(=O)Cc2ccc(OCC(C)C)cc2)C2CC3CCC(C2)N3C)cc1. The fourth-order valence-electron chi connectivity index (χ4n) is 5.19. The first kappa shape index (κ1) is 22.8. The average molecular weight is 435 g/mol. The molecular formula is C28H38N2O2. The summed E-state index contributed by atoms with van der Waals surface area (Å²) in [4.78, 5) is 18.3. The largest absolute Gasteiger partial charge is 0.493 e. The molecule has 4 rings (SSSR count). The summed E-state index contributed by atoms with van der Waals surface area (Å²) in [7, 11) is 2.26. The van der Waals surface area contributed by atoms with Crippen LogP contribution >= 0.6 is 0 Å². The number of aryl methyl sites for hydroxylation is 1. The van der Waals surface area contributed by atoms with Crippen LogP contribution in [0.1, 0.15) is 56.2 Å². The maximum absolute atomic E-state index is 13.6. The number of piperidine rings is 1. The van der Waals surface area contributed by atoms with Crippen molar-refractivity contribution in [3.05, 3.63) is 65.2 Å². The molecule has 1 amide bonds. The van der Waals surface area contributed by atoms with E-state index in [1.807, 2.05) is 24.3 Å². The number of benzene rings is 2. The highest BCUT2D eigenvalue weighted by molar-refractivity contribution is 5.79. The Morgan fingerprint density at radius 1 is 1.00 bits per heavy atom. The fourth-order valence-corrected chi connectivity index (χ4v) is 5.19. The van der Waals surface area contributed by atoms with Crippen molar-refractivity contribution in [2.24, 2.45) is 5.92 Å². The Morgan fingerprint density at radius 2 is 1.59 bits per heavy atom. The van der Waals surface area contributed by atoms with E-state index in [0.717, 1.165) is 24.2 Å². The number of nitrogens with zero attached hydrogens (tertiary/aromatic N) is 2. The van der Waals surface area contributed by atoms with E-state index in [9.17, 15) is 4.79 Å². The summed E-state index contributed by atoms with van der Waals surface area (Å²) in [6, 6.07) is 18.2. The van der Waals surface area contributed by atoms with E-state index >= 15 is 0 Å². The lowest BCUT2D eigenvalue weighted by Gasteiger charge is -2.42. The monoisotopic (exact) mass is 434 g/mol. The topological polar surface area (TPSA) is 32.8 Å². The van der Waals surface area contributed by atoms with Gasteiger partial charge in [-0.2, -0.15) is 0 Å². The van der Waals surface area contributed by atoms with Crippen LogP contribution in [0.5, 0.6) is 5.75 Å². The van der Waals surface area contributed by atoms with Crippen molar-refractivity contribution >= 4 is 5.91 Å². The second kappa shape index (κ2) is 10.1. The molecule has 32 heavy (non-hydrogen) atoms. The van der Waals surface area contributed by atoms with Gasteiger partial charge in [-0.05, 0) is 68.8 Å². The van der Waals surface area contributed by atoms with Crippen LogP contribution in [0.4, 0.5) is 0 Å². The molecular weight excluding hydrogens is 396 g/mol. The van der Waals surface area contributed by atoms with Gasteiger partial charge in [0.15, 0.2) is 0 Å². The number of hydrogen-bond donors (Lipinski definition) is 0. The van der Waals surface area contributed by atoms with Gasteiger partial charge in [0, 0.05) is 24.7 Å². The highest BCUT2D eigenvalue weighted by atomic mass is 16.5. The van der Waals surface area contributed by atoms with E-state index in [4.69, 9.17) is 4.74 Å². The summed E-state index contributed by atoms with van der Waals surface area (Å²) in [5.74, 6) is 1.60. The quantitative estimate of drug-likeness (QED) is 0.571. The van der Waals surface area contributed by atoms with Gasteiger partial charge in [-0.15, -0.1) is 0 Å². The smallest absolute Gasteiger partial charge is 0.227 e. The summed E-state index contributed by atoms with van der Waals surface area (Å²) < 4.78 is 5.80. The van der Waals surface area contributed by atoms with Gasteiger partial charge in [0.05, 0.1) is 13.0 Å². The van der Waals surface area contributed by atoms with Crippen LogP contribution in [-0.2, 0) is 17.8 Å². The molecule has 2 aliphatic heterocycles. The fraction of sp³-hybridized carbons (Fsp3) is 0.536. The number of carbonyl (C=O) groups excluding carboxylic acids is 1. The minimum absolute atomic E-state index is 0.232. The van der Waals surface area contributed by atoms with Crippen molar-refractivity contribution in [2.75, 3.05) is 13.7 Å². The standard InChI is InChI=1S/C28H38N2O2/c1-20(2)19-32-27-13-9-22(10-14-27)15-28(31)30(18-23-7-5-21(3)6-8-23)26-16-24-11-12-25(17-26)29(24)4/h5-10,13-14,20,24-26H,11-12,15-19H2,1-4H3. The minimum atomic E-state index is 0.232. The summed E-state index contributed by atoms with van der Waals surface area (Å²) in [5.41, 5.74) is 3.52. The molecule has 2 fully saturated rings. The number of carbonyl (C=O) groups is 1. The van der Waals surface area contributed by atoms with Crippen LogP contribution in [0, 0.1) is 12.8 Å². The number of fused-ring (bicyclic) bond motifs is 2. The second-order valence-electron chi connectivity index (χ2n) is 10.2. The lowest BCUT2D eigenvalue weighted by Crippen LogP contribution is -2.50. The Kier molecular flexibility index (Phi) is 7.20. The van der Waals surface area contributed by atoms with Gasteiger partial charge in [0.1, 0.15) is 5.75 Å². The number of ether oxygens (including phenoxy) is 1. The van der Waals surface area contributed by atoms with E-state index in [1.165, 1.54) is 24.0 Å². The zero-order valence-corrected chi connectivity index (χ0v) is 20.1. The summed E-state index contributed by atoms with van der Waals surface area (Å²) in [5, 5.41) is 0. The van der Waals surface area contributed by atoms with Gasteiger partial charge < -0.3 is 14.5 Å². The van der Waals surface area contributed by atoms with Crippen molar-refractivity contribution in [3.8, 4) is 5.75 Å². The highest BCUT2D eigenvalue weighted by Gasteiger charge is 2.41. The molecule has 2 heterocycles. The Hall–Kier alpha value is -2.33. The van der Waals surface area contributed by atoms with Gasteiger partial charge in [-0.1, -0.05) is 55.8 Å². The zero-order valence-electron chi connectivity index (χ0n) is 20.1. The molecule has 2 saturated heterocycles. The highest BCUT2D eigenvalue weighted by Crippen LogP contribution is 2.37. The van der Waals surface area contributed by atoms with Crippen LogP contribution in [0.2, 0.25) is 0 Å². The van der Waals surface area contributed by atoms with E-state index < -0.39 is 0 Å². The van der Waals surface area contributed by atoms with Crippen molar-refractivity contribution in [1.29, 1.82) is 0 Å². The van der Waals surface area contributed by atoms with Crippen LogP contribution in [-0.4, -0.2) is 47.5 Å². The third kappa shape index (κ3) is 5.53. The molecule has 0 aliphatic carbocycles. The normalized spacial score (nSPS) is 22.8. The Morgan fingerprint density at radius 3 is 2.19 bits per heavy atom. The average Bonchev–Trinajstić information content (AvgIpc) is 2.98. The Bertz CT molecular complexity index is 877. The lowest BCUT2D eigenvalue weighted by molar-refractivity contribution is -0.135. The molecule has 0 aromatic heterocycles. The van der Waals surface area contributed by atoms with Crippen molar-refractivity contribution in [3.63, 3.8) is 0 Å². The lowest BCUT2D eigenvalue weighted by atomic mass is 9.95. The van der Waals surface area contributed by atoms with Crippen molar-refractivity contribution in [2.45, 2.75) is 77.5 Å². The molecule has 0 N–H and O–H groups in total. The third-order valence-corrected chi connectivity index (χ3v) is 7.17. The Balaban J connectivity index is 1.47. The van der Waals surface area contributed by atoms with Gasteiger partial charge in [-0.3, -0.25) is 4.79 Å². The number of amides is 1. The summed E-state index contributed by atoms with van der Waals surface area (Å²) in [6.07, 6.45) is 5.15. The molecule has 0 radical (unpaired) electrons. The van der Waals surface area contributed by atoms with Crippen molar-refractivity contribution < 1.29 is 9.53 Å². The molecule has 2 aliphatic rings. The zero-order chi connectivity index (χ0) is 22.7. The molecule has 4 nitrogen and oxygen atoms in total. The molecule has 2 unspecified atom stereocenters. The van der Waals surface area contributed by atoms with Gasteiger partial charge >= 0.3 is 0 Å². The van der Waals surface area contributed by atoms with Crippen LogP contribution in [0.15, 0.2) is 48.5 Å². The molecule has 2 atom stereocenters. The number of rotatable bonds is 8. The van der Waals surface area contributed by atoms with Crippen molar-refractivity contribution in [1.82, 2.24) is 9.80 Å². The predicted octanol–water partition coefficient (Wildman–Crippen LogP) is 5.23. The van der Waals surface area contributed by atoms with Crippen LogP contribution < -0.4 is 4.74 Å². The van der Waals surface area contributed by atoms with Gasteiger partial charge in [0.25, 0.3) is 0 Å². The predicted molar refractivity (Wildman–Crippen MR) is 130 cm³/mol. The van der Waals surface area contributed by atoms with Crippen LogP contribution in [0.3, 0.4) is 0 Å². The Labute approximate surface area is 193 Å². The molecule has 0 saturated carbocycles. The third-order valence-electron chi connectivity index (χ3n) is 7.17. The molecule has 4 heteroatoms. The van der Waals surface area contributed by atoms with E-state index in [0.29, 0.717) is 43.6 Å². The van der Waals surface area contributed by atoms with E-state index in [2.05, 4.69) is 61.9 Å². The molecule has 0 spiro atoms. The number of hydrogen-bond acceptors (Lipinski definition) is 3. The molecule has 2 aromatic rings. The first-order chi connectivity index (χ1) is 15.4. The molecule has 172 valence electrons. The molecule has 2 bridgehead atoms.